The standard InChI is InChI=1S/C12H24/c1-6-9-12(7-2,8-3)10-11(4)5/h6,11H,1,7-10H2,2-5H3. The van der Waals surface area contributed by atoms with Crippen LogP contribution in [-0.4, -0.2) is 0 Å². The minimum atomic E-state index is 0.538. The molecule has 0 heteroatoms. The van der Waals surface area contributed by atoms with Gasteiger partial charge in [-0.3, -0.25) is 0 Å². The number of allylic oxidation sites excluding steroid dienone is 1. The van der Waals surface area contributed by atoms with Crippen LogP contribution in [0.3, 0.4) is 0 Å². The third kappa shape index (κ3) is 3.42. The van der Waals surface area contributed by atoms with Gasteiger partial charge in [-0.2, -0.15) is 0 Å². The van der Waals surface area contributed by atoms with Crippen LogP contribution in [0, 0.1) is 11.3 Å². The van der Waals surface area contributed by atoms with Gasteiger partial charge in [-0.15, -0.1) is 6.58 Å². The van der Waals surface area contributed by atoms with Gasteiger partial charge in [-0.05, 0) is 24.2 Å². The molecule has 0 unspecified atom stereocenters. The van der Waals surface area contributed by atoms with E-state index in [2.05, 4.69) is 40.3 Å². The van der Waals surface area contributed by atoms with Crippen molar-refractivity contribution < 1.29 is 0 Å². The van der Waals surface area contributed by atoms with E-state index in [4.69, 9.17) is 0 Å². The highest BCUT2D eigenvalue weighted by Crippen LogP contribution is 2.37. The molecule has 72 valence electrons. The lowest BCUT2D eigenvalue weighted by molar-refractivity contribution is 0.210. The van der Waals surface area contributed by atoms with Crippen LogP contribution in [0.25, 0.3) is 0 Å². The lowest BCUT2D eigenvalue weighted by Crippen LogP contribution is -2.20. The van der Waals surface area contributed by atoms with Gasteiger partial charge in [0.05, 0.1) is 0 Å². The van der Waals surface area contributed by atoms with Crippen molar-refractivity contribution >= 4 is 0 Å². The zero-order valence-corrected chi connectivity index (χ0v) is 9.19. The maximum Gasteiger partial charge on any atom is -0.0266 e. The summed E-state index contributed by atoms with van der Waals surface area (Å²) in [7, 11) is 0. The fourth-order valence-electron chi connectivity index (χ4n) is 2.08. The van der Waals surface area contributed by atoms with E-state index in [0.717, 1.165) is 5.92 Å². The van der Waals surface area contributed by atoms with E-state index < -0.39 is 0 Å². The second-order valence-electron chi connectivity index (χ2n) is 4.30. The molecule has 0 heterocycles. The summed E-state index contributed by atoms with van der Waals surface area (Å²) in [6.45, 7) is 13.1. The summed E-state index contributed by atoms with van der Waals surface area (Å²) >= 11 is 0. The van der Waals surface area contributed by atoms with Crippen molar-refractivity contribution in [2.45, 2.75) is 53.4 Å². The van der Waals surface area contributed by atoms with Gasteiger partial charge in [-0.1, -0.05) is 46.6 Å². The zero-order valence-electron chi connectivity index (χ0n) is 9.19. The van der Waals surface area contributed by atoms with E-state index in [-0.39, 0.29) is 0 Å². The van der Waals surface area contributed by atoms with Crippen molar-refractivity contribution in [3.63, 3.8) is 0 Å². The maximum atomic E-state index is 3.85. The molecule has 0 N–H and O–H groups in total. The van der Waals surface area contributed by atoms with Gasteiger partial charge < -0.3 is 0 Å². The van der Waals surface area contributed by atoms with Crippen molar-refractivity contribution in [3.8, 4) is 0 Å². The molecule has 0 rings (SSSR count). The van der Waals surface area contributed by atoms with Crippen LogP contribution < -0.4 is 0 Å². The van der Waals surface area contributed by atoms with Gasteiger partial charge in [0, 0.05) is 0 Å². The molecule has 0 aromatic heterocycles. The summed E-state index contributed by atoms with van der Waals surface area (Å²) in [5, 5.41) is 0. The molecule has 0 radical (unpaired) electrons. The molecule has 0 aliphatic carbocycles. The highest BCUT2D eigenvalue weighted by Gasteiger charge is 2.25. The van der Waals surface area contributed by atoms with E-state index in [0.29, 0.717) is 5.41 Å². The second-order valence-corrected chi connectivity index (χ2v) is 4.30. The van der Waals surface area contributed by atoms with Crippen LogP contribution in [0.15, 0.2) is 12.7 Å². The molecule has 0 amide bonds. The minimum absolute atomic E-state index is 0.538. The average molecular weight is 168 g/mol. The molecular formula is C12H24. The average Bonchev–Trinajstić information content (AvgIpc) is 2.03. The van der Waals surface area contributed by atoms with Crippen LogP contribution in [0.1, 0.15) is 53.4 Å². The molecule has 0 saturated heterocycles. The first-order valence-electron chi connectivity index (χ1n) is 5.21. The molecular weight excluding hydrogens is 144 g/mol. The molecule has 0 fully saturated rings. The zero-order chi connectivity index (χ0) is 9.61. The van der Waals surface area contributed by atoms with Gasteiger partial charge in [-0.25, -0.2) is 0 Å². The minimum Gasteiger partial charge on any atom is -0.103 e. The Labute approximate surface area is 78.1 Å². The maximum absolute atomic E-state index is 3.85. The normalized spacial score (nSPS) is 12.1. The highest BCUT2D eigenvalue weighted by molar-refractivity contribution is 4.85. The van der Waals surface area contributed by atoms with Gasteiger partial charge in [0.25, 0.3) is 0 Å². The number of hydrogen-bond donors (Lipinski definition) is 0. The van der Waals surface area contributed by atoms with Gasteiger partial charge in [0.15, 0.2) is 0 Å². The van der Waals surface area contributed by atoms with Gasteiger partial charge in [0.1, 0.15) is 0 Å². The van der Waals surface area contributed by atoms with E-state index in [1.807, 2.05) is 0 Å². The van der Waals surface area contributed by atoms with Crippen LogP contribution in [-0.2, 0) is 0 Å². The Bertz CT molecular complexity index is 118. The first-order valence-corrected chi connectivity index (χ1v) is 5.21. The van der Waals surface area contributed by atoms with Crippen LogP contribution in [0.5, 0.6) is 0 Å². The fraction of sp³-hybridized carbons (Fsp3) is 0.833. The topological polar surface area (TPSA) is 0 Å². The summed E-state index contributed by atoms with van der Waals surface area (Å²) in [5.74, 6) is 0.810. The Kier molecular flexibility index (Phi) is 5.28. The van der Waals surface area contributed by atoms with E-state index >= 15 is 0 Å². The largest absolute Gasteiger partial charge is 0.103 e. The fourth-order valence-corrected chi connectivity index (χ4v) is 2.08. The Hall–Kier alpha value is -0.260. The van der Waals surface area contributed by atoms with Crippen molar-refractivity contribution in [2.75, 3.05) is 0 Å². The van der Waals surface area contributed by atoms with Gasteiger partial charge in [0.2, 0.25) is 0 Å². The lowest BCUT2D eigenvalue weighted by atomic mass is 9.73. The monoisotopic (exact) mass is 168 g/mol. The van der Waals surface area contributed by atoms with Crippen LogP contribution in [0.2, 0.25) is 0 Å². The molecule has 0 saturated carbocycles. The first kappa shape index (κ1) is 11.7. The lowest BCUT2D eigenvalue weighted by Gasteiger charge is -2.32. The van der Waals surface area contributed by atoms with E-state index in [9.17, 15) is 0 Å². The first-order chi connectivity index (χ1) is 5.60. The number of rotatable bonds is 6. The van der Waals surface area contributed by atoms with E-state index in [1.165, 1.54) is 25.7 Å². The third-order valence-corrected chi connectivity index (χ3v) is 2.92. The summed E-state index contributed by atoms with van der Waals surface area (Å²) in [4.78, 5) is 0. The molecule has 0 spiro atoms. The molecule has 0 aromatic carbocycles. The summed E-state index contributed by atoms with van der Waals surface area (Å²) in [6.07, 6.45) is 7.17. The van der Waals surface area contributed by atoms with Crippen molar-refractivity contribution in [1.29, 1.82) is 0 Å². The van der Waals surface area contributed by atoms with Crippen LogP contribution in [0.4, 0.5) is 0 Å². The Morgan fingerprint density at radius 1 is 1.25 bits per heavy atom. The Morgan fingerprint density at radius 3 is 2.00 bits per heavy atom. The summed E-state index contributed by atoms with van der Waals surface area (Å²) in [5.41, 5.74) is 0.538. The third-order valence-electron chi connectivity index (χ3n) is 2.92. The summed E-state index contributed by atoms with van der Waals surface area (Å²) < 4.78 is 0. The quantitative estimate of drug-likeness (QED) is 0.515. The van der Waals surface area contributed by atoms with Crippen molar-refractivity contribution in [3.05, 3.63) is 12.7 Å². The van der Waals surface area contributed by atoms with Crippen LogP contribution >= 0.6 is 0 Å². The molecule has 0 aromatic rings. The second kappa shape index (κ2) is 5.40. The smallest absolute Gasteiger partial charge is 0.0266 e. The molecule has 0 nitrogen and oxygen atoms in total. The van der Waals surface area contributed by atoms with E-state index in [1.54, 1.807) is 0 Å². The summed E-state index contributed by atoms with van der Waals surface area (Å²) in [6, 6.07) is 0. The highest BCUT2D eigenvalue weighted by atomic mass is 14.3. The van der Waals surface area contributed by atoms with Crippen molar-refractivity contribution in [1.82, 2.24) is 0 Å². The predicted molar refractivity (Wildman–Crippen MR) is 57.3 cm³/mol. The SMILES string of the molecule is C=CCC(CC)(CC)CC(C)C. The number of hydrogen-bond acceptors (Lipinski definition) is 0. The Balaban J connectivity index is 4.23. The molecule has 12 heavy (non-hydrogen) atoms. The molecule has 0 aliphatic heterocycles. The van der Waals surface area contributed by atoms with Gasteiger partial charge >= 0.3 is 0 Å². The van der Waals surface area contributed by atoms with Crippen molar-refractivity contribution in [2.24, 2.45) is 11.3 Å². The predicted octanol–water partition coefficient (Wildman–Crippen LogP) is 4.42. The molecule has 0 bridgehead atoms. The molecule has 0 aliphatic rings. The molecule has 0 atom stereocenters. The Morgan fingerprint density at radius 2 is 1.75 bits per heavy atom.